The Morgan fingerprint density at radius 2 is 2.18 bits per heavy atom. The minimum atomic E-state index is -4.87. The summed E-state index contributed by atoms with van der Waals surface area (Å²) in [5, 5.41) is 22.0. The first-order chi connectivity index (χ1) is 7.64. The molecule has 1 rings (SSSR count). The van der Waals surface area contributed by atoms with Crippen LogP contribution < -0.4 is 0 Å². The molecular weight excluding hydrogens is 247 g/mol. The molecule has 7 nitrogen and oxygen atoms in total. The number of nitro groups is 1. The average molecular weight is 253 g/mol. The minimum Gasteiger partial charge on any atom is -0.478 e. The monoisotopic (exact) mass is 253 g/mol. The van der Waals surface area contributed by atoms with Crippen LogP contribution in [0.3, 0.4) is 0 Å². The van der Waals surface area contributed by atoms with Crippen molar-refractivity contribution in [2.75, 3.05) is 0 Å². The van der Waals surface area contributed by atoms with Crippen LogP contribution in [0.2, 0.25) is 0 Å². The largest absolute Gasteiger partial charge is 0.478 e. The first kappa shape index (κ1) is 12.9. The summed E-state index contributed by atoms with van der Waals surface area (Å²) in [6, 6.07) is -1.37. The van der Waals surface area contributed by atoms with E-state index in [4.69, 9.17) is 5.11 Å². The van der Waals surface area contributed by atoms with Crippen molar-refractivity contribution >= 4 is 11.8 Å². The van der Waals surface area contributed by atoms with Crippen LogP contribution in [-0.2, 0) is 11.0 Å². The van der Waals surface area contributed by atoms with E-state index < -0.39 is 34.6 Å². The molecule has 0 aromatic carbocycles. The summed E-state index contributed by atoms with van der Waals surface area (Å²) in [6.45, 7) is 0.989. The van der Waals surface area contributed by atoms with Gasteiger partial charge in [-0.3, -0.25) is 0 Å². The molecule has 0 aliphatic rings. The Morgan fingerprint density at radius 3 is 2.53 bits per heavy atom. The first-order valence-corrected chi connectivity index (χ1v) is 4.18. The number of rotatable bonds is 3. The lowest BCUT2D eigenvalue weighted by Crippen LogP contribution is -2.19. The molecule has 0 saturated heterocycles. The van der Waals surface area contributed by atoms with Crippen molar-refractivity contribution < 1.29 is 28.0 Å². The van der Waals surface area contributed by atoms with Crippen LogP contribution in [0.5, 0.6) is 0 Å². The Labute approximate surface area is 91.6 Å². The van der Waals surface area contributed by atoms with Crippen LogP contribution >= 0.6 is 0 Å². The van der Waals surface area contributed by atoms with E-state index in [1.807, 2.05) is 0 Å². The van der Waals surface area contributed by atoms with Crippen LogP contribution in [0.15, 0.2) is 6.07 Å². The molecule has 0 fully saturated rings. The highest BCUT2D eigenvalue weighted by Crippen LogP contribution is 2.31. The molecule has 0 aliphatic heterocycles. The fourth-order valence-electron chi connectivity index (χ4n) is 1.05. The predicted molar refractivity (Wildman–Crippen MR) is 46.2 cm³/mol. The summed E-state index contributed by atoms with van der Waals surface area (Å²) in [7, 11) is 0. The quantitative estimate of drug-likeness (QED) is 0.649. The second-order valence-electron chi connectivity index (χ2n) is 3.10. The molecule has 0 aliphatic carbocycles. The Kier molecular flexibility index (Phi) is 3.07. The number of aromatic nitrogens is 2. The van der Waals surface area contributed by atoms with Crippen molar-refractivity contribution in [3.05, 3.63) is 21.9 Å². The number of halogens is 3. The highest BCUT2D eigenvalue weighted by atomic mass is 19.4. The highest BCUT2D eigenvalue weighted by Gasteiger charge is 2.40. The summed E-state index contributed by atoms with van der Waals surface area (Å²) >= 11 is 0. The van der Waals surface area contributed by atoms with Gasteiger partial charge in [-0.25, -0.2) is 4.79 Å². The van der Waals surface area contributed by atoms with Gasteiger partial charge >= 0.3 is 18.0 Å². The van der Waals surface area contributed by atoms with Crippen molar-refractivity contribution in [1.29, 1.82) is 0 Å². The normalized spacial score (nSPS) is 13.4. The standard InChI is InChI=1S/C7H6F3N3O4/c1-3(6(14)15)12-5(13(16)17)2-4(11-12)7(8,9)10/h2-3H,1H3,(H,14,15)/t3-/m1/s1. The van der Waals surface area contributed by atoms with E-state index in [0.717, 1.165) is 6.92 Å². The number of hydrogen-bond donors (Lipinski definition) is 1. The molecule has 0 spiro atoms. The maximum atomic E-state index is 12.3. The van der Waals surface area contributed by atoms with Crippen LogP contribution in [-0.4, -0.2) is 25.8 Å². The third-order valence-corrected chi connectivity index (χ3v) is 1.92. The molecule has 0 bridgehead atoms. The number of carboxylic acids is 1. The summed E-state index contributed by atoms with van der Waals surface area (Å²) < 4.78 is 37.0. The Bertz CT molecular complexity index is 467. The Morgan fingerprint density at radius 1 is 1.65 bits per heavy atom. The maximum absolute atomic E-state index is 12.3. The van der Waals surface area contributed by atoms with Gasteiger partial charge in [0.2, 0.25) is 6.04 Å². The van der Waals surface area contributed by atoms with Gasteiger partial charge in [0.1, 0.15) is 0 Å². The molecule has 1 N–H and O–H groups in total. The maximum Gasteiger partial charge on any atom is 0.437 e. The van der Waals surface area contributed by atoms with E-state index in [9.17, 15) is 28.1 Å². The molecule has 10 heteroatoms. The third kappa shape index (κ3) is 2.52. The second-order valence-corrected chi connectivity index (χ2v) is 3.10. The number of carbonyl (C=O) groups is 1. The van der Waals surface area contributed by atoms with Gasteiger partial charge in [0.25, 0.3) is 0 Å². The van der Waals surface area contributed by atoms with E-state index >= 15 is 0 Å². The number of carboxylic acid groups (broad SMARTS) is 1. The van der Waals surface area contributed by atoms with Crippen molar-refractivity contribution in [3.8, 4) is 0 Å². The van der Waals surface area contributed by atoms with Gasteiger partial charge in [-0.2, -0.15) is 13.2 Å². The van der Waals surface area contributed by atoms with Gasteiger partial charge in [-0.1, -0.05) is 5.10 Å². The molecule has 1 heterocycles. The van der Waals surface area contributed by atoms with Gasteiger partial charge in [-0.05, 0) is 11.8 Å². The van der Waals surface area contributed by atoms with E-state index in [1.54, 1.807) is 0 Å². The average Bonchev–Trinajstić information content (AvgIpc) is 2.59. The summed E-state index contributed by atoms with van der Waals surface area (Å²) in [5.41, 5.74) is -1.50. The van der Waals surface area contributed by atoms with Gasteiger partial charge < -0.3 is 15.2 Å². The van der Waals surface area contributed by atoms with Crippen molar-refractivity contribution in [3.63, 3.8) is 0 Å². The van der Waals surface area contributed by atoms with Crippen molar-refractivity contribution in [2.24, 2.45) is 0 Å². The van der Waals surface area contributed by atoms with Crippen LogP contribution in [0, 0.1) is 10.1 Å². The lowest BCUT2D eigenvalue weighted by molar-refractivity contribution is -0.393. The zero-order chi connectivity index (χ0) is 13.4. The molecule has 1 atom stereocenters. The number of alkyl halides is 3. The van der Waals surface area contributed by atoms with Gasteiger partial charge in [-0.15, -0.1) is 4.68 Å². The van der Waals surface area contributed by atoms with E-state index in [0.29, 0.717) is 0 Å². The molecule has 17 heavy (non-hydrogen) atoms. The predicted octanol–water partition coefficient (Wildman–Crippen LogP) is 1.46. The van der Waals surface area contributed by atoms with Crippen LogP contribution in [0.4, 0.5) is 19.0 Å². The first-order valence-electron chi connectivity index (χ1n) is 4.18. The fourth-order valence-corrected chi connectivity index (χ4v) is 1.05. The SMILES string of the molecule is C[C@H](C(=O)O)n1nc(C(F)(F)F)cc1[N+](=O)[O-]. The summed E-state index contributed by atoms with van der Waals surface area (Å²) in [5.74, 6) is -2.54. The molecule has 1 aromatic heterocycles. The number of nitrogens with zero attached hydrogens (tertiary/aromatic N) is 3. The van der Waals surface area contributed by atoms with Gasteiger partial charge in [0.15, 0.2) is 5.69 Å². The van der Waals surface area contributed by atoms with Crippen LogP contribution in [0.1, 0.15) is 18.7 Å². The zero-order valence-electron chi connectivity index (χ0n) is 8.30. The van der Waals surface area contributed by atoms with E-state index in [2.05, 4.69) is 5.10 Å². The molecule has 0 radical (unpaired) electrons. The molecular formula is C7H6F3N3O4. The minimum absolute atomic E-state index is 0.194. The molecule has 1 aromatic rings. The zero-order valence-corrected chi connectivity index (χ0v) is 8.30. The molecule has 94 valence electrons. The number of aliphatic carboxylic acids is 1. The third-order valence-electron chi connectivity index (χ3n) is 1.92. The number of hydrogen-bond acceptors (Lipinski definition) is 4. The Hall–Kier alpha value is -2.13. The highest BCUT2D eigenvalue weighted by molar-refractivity contribution is 5.71. The summed E-state index contributed by atoms with van der Waals surface area (Å²) in [4.78, 5) is 19.9. The van der Waals surface area contributed by atoms with Gasteiger partial charge in [0.05, 0.1) is 6.07 Å². The smallest absolute Gasteiger partial charge is 0.437 e. The second kappa shape index (κ2) is 4.03. The molecule has 0 unspecified atom stereocenters. The lowest BCUT2D eigenvalue weighted by atomic mass is 10.3. The summed E-state index contributed by atoms with van der Waals surface area (Å²) in [6.07, 6.45) is -4.87. The topological polar surface area (TPSA) is 98.3 Å². The molecule has 0 amide bonds. The molecule has 0 saturated carbocycles. The van der Waals surface area contributed by atoms with E-state index in [-0.39, 0.29) is 10.7 Å². The Balaban J connectivity index is 3.33. The fraction of sp³-hybridized carbons (Fsp3) is 0.429. The van der Waals surface area contributed by atoms with E-state index in [1.165, 1.54) is 0 Å². The van der Waals surface area contributed by atoms with Crippen molar-refractivity contribution in [2.45, 2.75) is 19.1 Å². The lowest BCUT2D eigenvalue weighted by Gasteiger charge is -2.03. The van der Waals surface area contributed by atoms with Gasteiger partial charge in [0, 0.05) is 0 Å². The van der Waals surface area contributed by atoms with Crippen molar-refractivity contribution in [1.82, 2.24) is 9.78 Å². The van der Waals surface area contributed by atoms with Crippen LogP contribution in [0.25, 0.3) is 0 Å².